The van der Waals surface area contributed by atoms with Crippen LogP contribution in [0.2, 0.25) is 0 Å². The average Bonchev–Trinajstić information content (AvgIpc) is 3.02. The fraction of sp³-hybridized carbons (Fsp3) is 0.158. The van der Waals surface area contributed by atoms with E-state index in [0.717, 1.165) is 18.8 Å². The van der Waals surface area contributed by atoms with Crippen molar-refractivity contribution < 1.29 is 0 Å². The first-order valence-electron chi connectivity index (χ1n) is 7.39. The molecule has 0 unspecified atom stereocenters. The lowest BCUT2D eigenvalue weighted by molar-refractivity contribution is 0.766. The van der Waals surface area contributed by atoms with Gasteiger partial charge in [0.05, 0.1) is 0 Å². The Labute approximate surface area is 126 Å². The zero-order valence-electron chi connectivity index (χ0n) is 12.3. The molecule has 0 fully saturated rings. The van der Waals surface area contributed by atoms with Crippen LogP contribution in [0.25, 0.3) is 11.1 Å². The van der Waals surface area contributed by atoms with Gasteiger partial charge in [-0.25, -0.2) is 0 Å². The van der Waals surface area contributed by atoms with E-state index in [0.29, 0.717) is 0 Å². The van der Waals surface area contributed by atoms with E-state index in [-0.39, 0.29) is 0 Å². The quantitative estimate of drug-likeness (QED) is 0.709. The Morgan fingerprint density at radius 1 is 0.857 bits per heavy atom. The molecule has 2 nitrogen and oxygen atoms in total. The molecule has 2 aromatic carbocycles. The van der Waals surface area contributed by atoms with Crippen molar-refractivity contribution in [2.75, 3.05) is 5.32 Å². The first-order valence-corrected chi connectivity index (χ1v) is 7.39. The molecule has 1 N–H and O–H groups in total. The van der Waals surface area contributed by atoms with E-state index in [2.05, 4.69) is 83.8 Å². The Morgan fingerprint density at radius 3 is 2.24 bits per heavy atom. The molecular formula is C19H20N2. The topological polar surface area (TPSA) is 17.0 Å². The number of nitrogens with one attached hydrogen (secondary N) is 1. The van der Waals surface area contributed by atoms with Crippen molar-refractivity contribution in [2.24, 2.45) is 0 Å². The second-order valence-corrected chi connectivity index (χ2v) is 5.15. The maximum absolute atomic E-state index is 3.46. The van der Waals surface area contributed by atoms with Crippen LogP contribution in [0, 0.1) is 0 Å². The minimum absolute atomic E-state index is 0.859. The molecule has 1 aromatic heterocycles. The van der Waals surface area contributed by atoms with Gasteiger partial charge < -0.3 is 9.88 Å². The van der Waals surface area contributed by atoms with Gasteiger partial charge in [0.1, 0.15) is 0 Å². The Balaban J connectivity index is 1.64. The van der Waals surface area contributed by atoms with Gasteiger partial charge in [0.2, 0.25) is 0 Å². The largest absolute Gasteiger partial charge is 0.381 e. The van der Waals surface area contributed by atoms with Crippen LogP contribution in [0.5, 0.6) is 0 Å². The molecule has 0 amide bonds. The Morgan fingerprint density at radius 2 is 1.57 bits per heavy atom. The molecule has 0 aliphatic rings. The molecule has 0 spiro atoms. The van der Waals surface area contributed by atoms with E-state index >= 15 is 0 Å². The summed E-state index contributed by atoms with van der Waals surface area (Å²) < 4.78 is 2.19. The van der Waals surface area contributed by atoms with Crippen LogP contribution in [0.15, 0.2) is 73.1 Å². The highest BCUT2D eigenvalue weighted by Gasteiger charge is 1.99. The Kier molecular flexibility index (Phi) is 4.06. The van der Waals surface area contributed by atoms with Crippen LogP contribution < -0.4 is 5.32 Å². The fourth-order valence-corrected chi connectivity index (χ4v) is 2.41. The minimum Gasteiger partial charge on any atom is -0.381 e. The van der Waals surface area contributed by atoms with Crippen LogP contribution in [0.3, 0.4) is 0 Å². The summed E-state index contributed by atoms with van der Waals surface area (Å²) in [6.45, 7) is 4.03. The highest BCUT2D eigenvalue weighted by atomic mass is 14.9. The number of rotatable bonds is 5. The standard InChI is InChI=1S/C19H20N2/c1-2-21-13-12-16(15-21)14-20-19-10-8-18(9-11-19)17-6-4-3-5-7-17/h3-13,15,20H,2,14H2,1H3. The SMILES string of the molecule is CCn1ccc(CNc2ccc(-c3ccccc3)cc2)c1. The van der Waals surface area contributed by atoms with Crippen LogP contribution in [0.1, 0.15) is 12.5 Å². The second kappa shape index (κ2) is 6.31. The van der Waals surface area contributed by atoms with Crippen molar-refractivity contribution in [3.8, 4) is 11.1 Å². The number of aromatic nitrogens is 1. The van der Waals surface area contributed by atoms with Gasteiger partial charge in [-0.3, -0.25) is 0 Å². The van der Waals surface area contributed by atoms with E-state index in [9.17, 15) is 0 Å². The van der Waals surface area contributed by atoms with Crippen molar-refractivity contribution in [3.63, 3.8) is 0 Å². The lowest BCUT2D eigenvalue weighted by Gasteiger charge is -2.07. The molecular weight excluding hydrogens is 256 g/mol. The summed E-state index contributed by atoms with van der Waals surface area (Å²) in [5.74, 6) is 0. The van der Waals surface area contributed by atoms with Gasteiger partial charge in [-0.2, -0.15) is 0 Å². The van der Waals surface area contributed by atoms with Gasteiger partial charge in [0, 0.05) is 31.2 Å². The number of nitrogens with zero attached hydrogens (tertiary/aromatic N) is 1. The normalized spacial score (nSPS) is 10.5. The Bertz CT molecular complexity index is 681. The van der Waals surface area contributed by atoms with Crippen molar-refractivity contribution in [1.82, 2.24) is 4.57 Å². The van der Waals surface area contributed by atoms with E-state index < -0.39 is 0 Å². The zero-order chi connectivity index (χ0) is 14.5. The van der Waals surface area contributed by atoms with Crippen molar-refractivity contribution in [1.29, 1.82) is 0 Å². The summed E-state index contributed by atoms with van der Waals surface area (Å²) in [6.07, 6.45) is 4.31. The molecule has 0 saturated heterocycles. The zero-order valence-corrected chi connectivity index (χ0v) is 12.3. The molecule has 3 rings (SSSR count). The molecule has 1 heterocycles. The predicted molar refractivity (Wildman–Crippen MR) is 89.3 cm³/mol. The molecule has 106 valence electrons. The van der Waals surface area contributed by atoms with Crippen molar-refractivity contribution >= 4 is 5.69 Å². The number of aryl methyl sites for hydroxylation is 1. The number of hydrogen-bond donors (Lipinski definition) is 1. The monoisotopic (exact) mass is 276 g/mol. The molecule has 0 saturated carbocycles. The van der Waals surface area contributed by atoms with Crippen molar-refractivity contribution in [3.05, 3.63) is 78.6 Å². The molecule has 0 bridgehead atoms. The third kappa shape index (κ3) is 3.34. The molecule has 21 heavy (non-hydrogen) atoms. The summed E-state index contributed by atoms with van der Waals surface area (Å²) in [5, 5.41) is 3.46. The van der Waals surface area contributed by atoms with Crippen LogP contribution in [0.4, 0.5) is 5.69 Å². The number of benzene rings is 2. The maximum atomic E-state index is 3.46. The summed E-state index contributed by atoms with van der Waals surface area (Å²) in [6, 6.07) is 21.2. The Hall–Kier alpha value is -2.48. The van der Waals surface area contributed by atoms with E-state index in [1.807, 2.05) is 6.07 Å². The smallest absolute Gasteiger partial charge is 0.0415 e. The lowest BCUT2D eigenvalue weighted by Crippen LogP contribution is -1.98. The van der Waals surface area contributed by atoms with Crippen LogP contribution >= 0.6 is 0 Å². The van der Waals surface area contributed by atoms with Crippen molar-refractivity contribution in [2.45, 2.75) is 20.0 Å². The summed E-state index contributed by atoms with van der Waals surface area (Å²) in [7, 11) is 0. The van der Waals surface area contributed by atoms with Gasteiger partial charge in [-0.15, -0.1) is 0 Å². The summed E-state index contributed by atoms with van der Waals surface area (Å²) >= 11 is 0. The molecule has 3 aromatic rings. The van der Waals surface area contributed by atoms with Crippen LogP contribution in [-0.2, 0) is 13.1 Å². The third-order valence-corrected chi connectivity index (χ3v) is 3.67. The molecule has 0 aliphatic carbocycles. The fourth-order valence-electron chi connectivity index (χ4n) is 2.41. The predicted octanol–water partition coefficient (Wildman–Crippen LogP) is 4.79. The lowest BCUT2D eigenvalue weighted by atomic mass is 10.1. The third-order valence-electron chi connectivity index (χ3n) is 3.67. The number of anilines is 1. The maximum Gasteiger partial charge on any atom is 0.0415 e. The minimum atomic E-state index is 0.859. The molecule has 0 radical (unpaired) electrons. The molecule has 2 heteroatoms. The molecule has 0 atom stereocenters. The van der Waals surface area contributed by atoms with E-state index in [4.69, 9.17) is 0 Å². The van der Waals surface area contributed by atoms with Gasteiger partial charge in [-0.05, 0) is 41.8 Å². The van der Waals surface area contributed by atoms with E-state index in [1.165, 1.54) is 16.7 Å². The average molecular weight is 276 g/mol. The first-order chi connectivity index (χ1) is 10.3. The van der Waals surface area contributed by atoms with Gasteiger partial charge in [0.15, 0.2) is 0 Å². The van der Waals surface area contributed by atoms with E-state index in [1.54, 1.807) is 0 Å². The van der Waals surface area contributed by atoms with Gasteiger partial charge in [0.25, 0.3) is 0 Å². The summed E-state index contributed by atoms with van der Waals surface area (Å²) in [5.41, 5.74) is 4.96. The van der Waals surface area contributed by atoms with Crippen LogP contribution in [-0.4, -0.2) is 4.57 Å². The van der Waals surface area contributed by atoms with Gasteiger partial charge >= 0.3 is 0 Å². The highest BCUT2D eigenvalue weighted by Crippen LogP contribution is 2.21. The number of hydrogen-bond acceptors (Lipinski definition) is 1. The first kappa shape index (κ1) is 13.5. The highest BCUT2D eigenvalue weighted by molar-refractivity contribution is 5.65. The molecule has 0 aliphatic heterocycles. The summed E-state index contributed by atoms with van der Waals surface area (Å²) in [4.78, 5) is 0. The second-order valence-electron chi connectivity index (χ2n) is 5.15. The van der Waals surface area contributed by atoms with Gasteiger partial charge in [-0.1, -0.05) is 42.5 Å².